The molecule has 8 nitrogen and oxygen atoms in total. The molecule has 2 amide bonds. The van der Waals surface area contributed by atoms with Gasteiger partial charge >= 0.3 is 6.09 Å². The maximum atomic E-state index is 12.3. The second-order valence-corrected chi connectivity index (χ2v) is 9.47. The van der Waals surface area contributed by atoms with Gasteiger partial charge in [-0.1, -0.05) is 72.5 Å². The molecule has 1 heterocycles. The van der Waals surface area contributed by atoms with Crippen molar-refractivity contribution in [1.29, 1.82) is 0 Å². The molecule has 0 saturated carbocycles. The summed E-state index contributed by atoms with van der Waals surface area (Å²) in [5, 5.41) is 12.9. The molecule has 39 heavy (non-hydrogen) atoms. The number of fused-ring (bicyclic) bond motifs is 1. The monoisotopic (exact) mass is 522 g/mol. The molecule has 1 aromatic heterocycles. The minimum absolute atomic E-state index is 0.222. The Balaban J connectivity index is 1.21. The van der Waals surface area contributed by atoms with Crippen LogP contribution in [0.5, 0.6) is 0 Å². The summed E-state index contributed by atoms with van der Waals surface area (Å²) in [7, 11) is 0. The van der Waals surface area contributed by atoms with E-state index in [1.54, 1.807) is 5.48 Å². The molecule has 0 saturated heterocycles. The number of para-hydroxylation sites is 2. The van der Waals surface area contributed by atoms with E-state index in [4.69, 9.17) is 9.94 Å². The van der Waals surface area contributed by atoms with E-state index in [9.17, 15) is 9.59 Å². The van der Waals surface area contributed by atoms with E-state index in [1.807, 2.05) is 66.7 Å². The van der Waals surface area contributed by atoms with Crippen LogP contribution in [0, 0.1) is 17.8 Å². The van der Waals surface area contributed by atoms with Crippen LogP contribution < -0.4 is 10.8 Å². The topological polar surface area (TPSA) is 107 Å². The zero-order chi connectivity index (χ0) is 27.0. The van der Waals surface area contributed by atoms with Gasteiger partial charge in [0.1, 0.15) is 12.5 Å². The molecule has 1 aliphatic carbocycles. The third-order valence-corrected chi connectivity index (χ3v) is 6.90. The summed E-state index contributed by atoms with van der Waals surface area (Å²) in [6.45, 7) is 2.27. The second-order valence-electron chi connectivity index (χ2n) is 9.47. The van der Waals surface area contributed by atoms with Gasteiger partial charge in [-0.3, -0.25) is 20.2 Å². The molecule has 0 fully saturated rings. The standard InChI is InChI=1S/C31H30N4O4/c36-30(34-38)28-15-14-26(28)23-12-10-22(11-13-23)21-35(17-16-24-20-32-29-9-5-4-8-27(24)29)18-19-39-31(37)33-25-6-2-1-3-7-25/h1-13,20,26,28,32,38H,16-19,21H2,(H,33,37)(H,34,36). The maximum Gasteiger partial charge on any atom is 0.411 e. The first-order chi connectivity index (χ1) is 19.1. The summed E-state index contributed by atoms with van der Waals surface area (Å²) < 4.78 is 5.47. The highest BCUT2D eigenvalue weighted by Gasteiger charge is 2.32. The average molecular weight is 523 g/mol. The number of nitrogens with zero attached hydrogens (tertiary/aromatic N) is 1. The highest BCUT2D eigenvalue weighted by Crippen LogP contribution is 2.30. The lowest BCUT2D eigenvalue weighted by atomic mass is 9.79. The predicted octanol–water partition coefficient (Wildman–Crippen LogP) is 4.68. The van der Waals surface area contributed by atoms with E-state index in [2.05, 4.69) is 45.4 Å². The molecule has 2 unspecified atom stereocenters. The van der Waals surface area contributed by atoms with Gasteiger partial charge in [-0.25, -0.2) is 10.3 Å². The van der Waals surface area contributed by atoms with Gasteiger partial charge in [0.25, 0.3) is 5.91 Å². The first kappa shape index (κ1) is 26.0. The summed E-state index contributed by atoms with van der Waals surface area (Å²) >= 11 is 0. The van der Waals surface area contributed by atoms with Crippen molar-refractivity contribution < 1.29 is 19.5 Å². The smallest absolute Gasteiger partial charge is 0.411 e. The van der Waals surface area contributed by atoms with Crippen molar-refractivity contribution in [2.24, 2.45) is 5.92 Å². The van der Waals surface area contributed by atoms with E-state index in [0.29, 0.717) is 18.8 Å². The first-order valence-corrected chi connectivity index (χ1v) is 12.9. The lowest BCUT2D eigenvalue weighted by Gasteiger charge is -2.24. The molecule has 0 radical (unpaired) electrons. The zero-order valence-corrected chi connectivity index (χ0v) is 21.4. The van der Waals surface area contributed by atoms with Crippen LogP contribution in [0.25, 0.3) is 10.9 Å². The second kappa shape index (κ2) is 12.3. The highest BCUT2D eigenvalue weighted by molar-refractivity contribution is 5.85. The fourth-order valence-electron chi connectivity index (χ4n) is 4.73. The number of amides is 2. The molecule has 0 aliphatic heterocycles. The Labute approximate surface area is 226 Å². The average Bonchev–Trinajstić information content (AvgIpc) is 3.35. The van der Waals surface area contributed by atoms with Crippen molar-refractivity contribution >= 4 is 28.6 Å². The van der Waals surface area contributed by atoms with Crippen molar-refractivity contribution in [2.75, 3.05) is 25.0 Å². The van der Waals surface area contributed by atoms with Crippen molar-refractivity contribution in [3.63, 3.8) is 0 Å². The van der Waals surface area contributed by atoms with Crippen LogP contribution in [0.4, 0.5) is 10.5 Å². The van der Waals surface area contributed by atoms with Gasteiger partial charge in [0, 0.05) is 42.4 Å². The number of hydroxylamine groups is 1. The lowest BCUT2D eigenvalue weighted by Crippen LogP contribution is -2.34. The van der Waals surface area contributed by atoms with Gasteiger partial charge < -0.3 is 9.72 Å². The number of aromatic amines is 1. The summed E-state index contributed by atoms with van der Waals surface area (Å²) in [5.74, 6) is 4.57. The fourth-order valence-corrected chi connectivity index (χ4v) is 4.73. The molecule has 2 atom stereocenters. The number of benzene rings is 3. The minimum atomic E-state index is -0.535. The Morgan fingerprint density at radius 2 is 1.72 bits per heavy atom. The van der Waals surface area contributed by atoms with Gasteiger partial charge in [-0.05, 0) is 41.3 Å². The van der Waals surface area contributed by atoms with Crippen molar-refractivity contribution in [3.05, 3.63) is 102 Å². The molecule has 3 aromatic carbocycles. The predicted molar refractivity (Wildman–Crippen MR) is 149 cm³/mol. The van der Waals surface area contributed by atoms with Crippen LogP contribution in [-0.4, -0.2) is 46.8 Å². The normalized spacial score (nSPS) is 15.7. The van der Waals surface area contributed by atoms with Crippen LogP contribution in [0.1, 0.15) is 22.6 Å². The Kier molecular flexibility index (Phi) is 8.22. The van der Waals surface area contributed by atoms with Crippen LogP contribution in [0.15, 0.2) is 85.1 Å². The molecule has 0 bridgehead atoms. The highest BCUT2D eigenvalue weighted by atomic mass is 16.5. The molecule has 198 valence electrons. The Morgan fingerprint density at radius 1 is 0.949 bits per heavy atom. The van der Waals surface area contributed by atoms with Gasteiger partial charge in [-0.2, -0.15) is 0 Å². The van der Waals surface area contributed by atoms with Gasteiger partial charge in [0.2, 0.25) is 0 Å². The largest absolute Gasteiger partial charge is 0.448 e. The third-order valence-electron chi connectivity index (χ3n) is 6.90. The Morgan fingerprint density at radius 3 is 2.46 bits per heavy atom. The molecule has 1 aliphatic rings. The number of aromatic nitrogens is 1. The van der Waals surface area contributed by atoms with E-state index >= 15 is 0 Å². The Hall–Kier alpha value is -4.58. The first-order valence-electron chi connectivity index (χ1n) is 12.9. The number of anilines is 1. The number of ether oxygens (including phenoxy) is 1. The molecule has 5 rings (SSSR count). The third kappa shape index (κ3) is 6.47. The molecule has 4 aromatic rings. The molecule has 8 heteroatoms. The van der Waals surface area contributed by atoms with Crippen molar-refractivity contribution in [3.8, 4) is 11.8 Å². The quantitative estimate of drug-likeness (QED) is 0.130. The number of carbonyl (C=O) groups is 2. The fraction of sp³-hybridized carbons (Fsp3) is 0.226. The zero-order valence-electron chi connectivity index (χ0n) is 21.4. The maximum absolute atomic E-state index is 12.3. The van der Waals surface area contributed by atoms with Gasteiger partial charge in [0.15, 0.2) is 0 Å². The van der Waals surface area contributed by atoms with Crippen molar-refractivity contribution in [1.82, 2.24) is 15.4 Å². The summed E-state index contributed by atoms with van der Waals surface area (Å²) in [6, 6.07) is 25.5. The number of nitrogens with one attached hydrogen (secondary N) is 3. The van der Waals surface area contributed by atoms with Crippen LogP contribution in [0.3, 0.4) is 0 Å². The van der Waals surface area contributed by atoms with Gasteiger partial charge in [0.05, 0.1) is 5.92 Å². The van der Waals surface area contributed by atoms with Crippen LogP contribution >= 0.6 is 0 Å². The van der Waals surface area contributed by atoms with Crippen LogP contribution in [0.2, 0.25) is 0 Å². The number of carbonyl (C=O) groups excluding carboxylic acids is 2. The van der Waals surface area contributed by atoms with Crippen molar-refractivity contribution in [2.45, 2.75) is 18.9 Å². The molecule has 0 spiro atoms. The van der Waals surface area contributed by atoms with Gasteiger partial charge in [-0.15, -0.1) is 0 Å². The summed E-state index contributed by atoms with van der Waals surface area (Å²) in [6.07, 6.45) is 2.42. The summed E-state index contributed by atoms with van der Waals surface area (Å²) in [4.78, 5) is 29.6. The molecular weight excluding hydrogens is 492 g/mol. The van der Waals surface area contributed by atoms with E-state index in [0.717, 1.165) is 29.6 Å². The number of H-pyrrole nitrogens is 1. The number of hydrogen-bond acceptors (Lipinski definition) is 5. The van der Waals surface area contributed by atoms with E-state index in [1.165, 1.54) is 10.9 Å². The number of rotatable bonds is 11. The Bertz CT molecular complexity index is 1490. The summed E-state index contributed by atoms with van der Waals surface area (Å²) in [5.41, 5.74) is 6.78. The SMILES string of the molecule is O=C(Nc1ccccc1)OCCN(CCc1c[nH]c2ccccc12)Cc1ccc(C2C#CC2C(=O)NO)cc1. The number of hydrogen-bond donors (Lipinski definition) is 4. The van der Waals surface area contributed by atoms with E-state index < -0.39 is 17.9 Å². The minimum Gasteiger partial charge on any atom is -0.448 e. The lowest BCUT2D eigenvalue weighted by molar-refractivity contribution is -0.132. The van der Waals surface area contributed by atoms with E-state index in [-0.39, 0.29) is 12.5 Å². The molecule has 4 N–H and O–H groups in total. The molecular formula is C31H30N4O4. The van der Waals surface area contributed by atoms with Crippen LogP contribution in [-0.2, 0) is 22.5 Å².